The lowest BCUT2D eigenvalue weighted by molar-refractivity contribution is -0.947. The standard InChI is InChI=1S/C20H21Cl3N4OS.HI/c1-27(9-3-2-4-10-27)25-20(28)15-12-17(18-7-8-19(23)29-18)26(24-15)16-6-5-13(21)11-14(16)22;/h5-8,11,17H,2-4,9-10,12H2,1H3;1H. The van der Waals surface area contributed by atoms with Crippen LogP contribution in [0.2, 0.25) is 14.4 Å². The molecule has 5 nitrogen and oxygen atoms in total. The number of amides is 1. The van der Waals surface area contributed by atoms with Crippen molar-refractivity contribution in [2.45, 2.75) is 31.7 Å². The zero-order valence-electron chi connectivity index (χ0n) is 16.4. The van der Waals surface area contributed by atoms with Gasteiger partial charge in [-0.2, -0.15) is 10.5 Å². The minimum absolute atomic E-state index is 0. The zero-order valence-corrected chi connectivity index (χ0v) is 21.6. The van der Waals surface area contributed by atoms with Crippen LogP contribution >= 0.6 is 46.1 Å². The minimum atomic E-state index is -0.140. The van der Waals surface area contributed by atoms with E-state index >= 15 is 0 Å². The third-order valence-electron chi connectivity index (χ3n) is 5.43. The summed E-state index contributed by atoms with van der Waals surface area (Å²) in [6.45, 7) is 1.88. The summed E-state index contributed by atoms with van der Waals surface area (Å²) in [5.41, 5.74) is 4.38. The predicted octanol–water partition coefficient (Wildman–Crippen LogP) is 2.68. The topological polar surface area (TPSA) is 44.7 Å². The molecule has 4 rings (SSSR count). The summed E-state index contributed by atoms with van der Waals surface area (Å²) in [4.78, 5) is 14.1. The molecule has 0 radical (unpaired) electrons. The van der Waals surface area contributed by atoms with Gasteiger partial charge in [0, 0.05) is 16.3 Å². The van der Waals surface area contributed by atoms with Gasteiger partial charge >= 0.3 is 5.91 Å². The van der Waals surface area contributed by atoms with E-state index in [2.05, 4.69) is 17.6 Å². The van der Waals surface area contributed by atoms with E-state index in [4.69, 9.17) is 34.8 Å². The molecule has 0 bridgehead atoms. The number of hydrazone groups is 1. The van der Waals surface area contributed by atoms with Crippen LogP contribution in [0.25, 0.3) is 0 Å². The molecule has 162 valence electrons. The highest BCUT2D eigenvalue weighted by Gasteiger charge is 2.37. The maximum Gasteiger partial charge on any atom is 0.312 e. The van der Waals surface area contributed by atoms with Gasteiger partial charge in [0.25, 0.3) is 0 Å². The van der Waals surface area contributed by atoms with Crippen LogP contribution in [0.1, 0.15) is 36.6 Å². The number of anilines is 1. The fraction of sp³-hybridized carbons (Fsp3) is 0.400. The first-order chi connectivity index (χ1) is 13.8. The van der Waals surface area contributed by atoms with E-state index < -0.39 is 0 Å². The van der Waals surface area contributed by atoms with Crippen molar-refractivity contribution < 1.29 is 33.4 Å². The number of halogens is 4. The molecular formula is C20H22Cl3IN4OS. The maximum absolute atomic E-state index is 13.1. The molecule has 0 saturated carbocycles. The van der Waals surface area contributed by atoms with E-state index in [-0.39, 0.29) is 35.9 Å². The van der Waals surface area contributed by atoms with Crippen LogP contribution in [0.4, 0.5) is 5.69 Å². The number of nitrogens with zero attached hydrogens (tertiary/aromatic N) is 3. The fourth-order valence-electron chi connectivity index (χ4n) is 3.90. The molecule has 2 aliphatic rings. The van der Waals surface area contributed by atoms with Gasteiger partial charge in [-0.3, -0.25) is 9.80 Å². The molecule has 30 heavy (non-hydrogen) atoms. The van der Waals surface area contributed by atoms with Gasteiger partial charge in [0.1, 0.15) is 18.8 Å². The number of nitrogens with one attached hydrogen (secondary N) is 1. The highest BCUT2D eigenvalue weighted by molar-refractivity contribution is 7.16. The molecule has 2 aliphatic heterocycles. The molecule has 0 aliphatic carbocycles. The normalized spacial score (nSPS) is 20.5. The Morgan fingerprint density at radius 2 is 1.90 bits per heavy atom. The Balaban J connectivity index is 0.00000256. The summed E-state index contributed by atoms with van der Waals surface area (Å²) in [6, 6.07) is 8.98. The third kappa shape index (κ3) is 5.24. The van der Waals surface area contributed by atoms with Gasteiger partial charge < -0.3 is 24.0 Å². The Morgan fingerprint density at radius 1 is 1.17 bits per heavy atom. The zero-order chi connectivity index (χ0) is 20.6. The van der Waals surface area contributed by atoms with Gasteiger partial charge in [0.2, 0.25) is 0 Å². The van der Waals surface area contributed by atoms with Crippen LogP contribution in [0.3, 0.4) is 0 Å². The SMILES string of the molecule is C[N+]1(NC(=O)C2=NN(c3ccc(Cl)cc3Cl)C(c3ccc(Cl)s3)C2)CCCCC1.[I-]. The van der Waals surface area contributed by atoms with Gasteiger partial charge in [0.15, 0.2) is 0 Å². The summed E-state index contributed by atoms with van der Waals surface area (Å²) in [5.74, 6) is -0.130. The number of carbonyl (C=O) groups is 1. The summed E-state index contributed by atoms with van der Waals surface area (Å²) in [5, 5.41) is 7.53. The molecule has 1 N–H and O–H groups in total. The molecule has 1 unspecified atom stereocenters. The van der Waals surface area contributed by atoms with Gasteiger partial charge in [-0.15, -0.1) is 11.3 Å². The quantitative estimate of drug-likeness (QED) is 0.434. The Labute approximate surface area is 212 Å². The average molecular weight is 600 g/mol. The van der Waals surface area contributed by atoms with Crippen molar-refractivity contribution in [3.05, 3.63) is 49.6 Å². The van der Waals surface area contributed by atoms with Crippen molar-refractivity contribution in [1.29, 1.82) is 0 Å². The van der Waals surface area contributed by atoms with E-state index in [0.29, 0.717) is 36.8 Å². The van der Waals surface area contributed by atoms with E-state index in [1.165, 1.54) is 17.8 Å². The Kier molecular flexibility index (Phi) is 7.96. The maximum atomic E-state index is 13.1. The first kappa shape index (κ1) is 24.1. The summed E-state index contributed by atoms with van der Waals surface area (Å²) in [7, 11) is 2.07. The van der Waals surface area contributed by atoms with Crippen LogP contribution < -0.4 is 34.4 Å². The monoisotopic (exact) mass is 598 g/mol. The number of rotatable bonds is 4. The van der Waals surface area contributed by atoms with Gasteiger partial charge in [-0.1, -0.05) is 34.8 Å². The van der Waals surface area contributed by atoms with Gasteiger partial charge in [-0.05, 0) is 49.6 Å². The molecule has 10 heteroatoms. The first-order valence-electron chi connectivity index (χ1n) is 9.59. The van der Waals surface area contributed by atoms with Gasteiger partial charge in [-0.25, -0.2) is 4.59 Å². The Bertz CT molecular complexity index is 961. The van der Waals surface area contributed by atoms with Crippen molar-refractivity contribution in [2.24, 2.45) is 5.10 Å². The molecule has 1 atom stereocenters. The molecule has 2 aromatic rings. The van der Waals surface area contributed by atoms with Crippen molar-refractivity contribution in [3.8, 4) is 0 Å². The number of benzene rings is 1. The van der Waals surface area contributed by atoms with Crippen LogP contribution in [0.5, 0.6) is 0 Å². The smallest absolute Gasteiger partial charge is 0.312 e. The molecule has 1 amide bonds. The Hall–Kier alpha value is -0.580. The number of hydrogen-bond donors (Lipinski definition) is 1. The number of carbonyl (C=O) groups excluding carboxylic acids is 1. The second kappa shape index (κ2) is 9.92. The molecule has 1 aromatic heterocycles. The predicted molar refractivity (Wildman–Crippen MR) is 121 cm³/mol. The van der Waals surface area contributed by atoms with Crippen LogP contribution in [0.15, 0.2) is 35.4 Å². The summed E-state index contributed by atoms with van der Waals surface area (Å²) < 4.78 is 1.25. The Morgan fingerprint density at radius 3 is 2.53 bits per heavy atom. The number of quaternary nitrogens is 1. The molecular weight excluding hydrogens is 578 g/mol. The highest BCUT2D eigenvalue weighted by Crippen LogP contribution is 2.42. The molecule has 1 saturated heterocycles. The fourth-order valence-corrected chi connectivity index (χ4v) is 5.54. The minimum Gasteiger partial charge on any atom is -1.00 e. The lowest BCUT2D eigenvalue weighted by Crippen LogP contribution is -3.00. The third-order valence-corrected chi connectivity index (χ3v) is 7.30. The average Bonchev–Trinajstić information content (AvgIpc) is 3.28. The summed E-state index contributed by atoms with van der Waals surface area (Å²) >= 11 is 20.2. The highest BCUT2D eigenvalue weighted by atomic mass is 127. The van der Waals surface area contributed by atoms with Crippen LogP contribution in [-0.2, 0) is 4.79 Å². The molecule has 1 aromatic carbocycles. The van der Waals surface area contributed by atoms with Crippen molar-refractivity contribution in [1.82, 2.24) is 5.43 Å². The first-order valence-corrected chi connectivity index (χ1v) is 11.5. The van der Waals surface area contributed by atoms with E-state index in [1.54, 1.807) is 12.1 Å². The van der Waals surface area contributed by atoms with Crippen molar-refractivity contribution >= 4 is 63.4 Å². The number of piperidine rings is 1. The second-order valence-corrected chi connectivity index (χ2v) is 10.3. The number of likely N-dealkylation sites (tertiary alicyclic amines) is 1. The van der Waals surface area contributed by atoms with Crippen molar-refractivity contribution in [2.75, 3.05) is 25.1 Å². The molecule has 1 fully saturated rings. The van der Waals surface area contributed by atoms with Crippen molar-refractivity contribution in [3.63, 3.8) is 0 Å². The van der Waals surface area contributed by atoms with Crippen LogP contribution in [0, 0.1) is 0 Å². The van der Waals surface area contributed by atoms with Gasteiger partial charge in [0.05, 0.1) is 28.1 Å². The second-order valence-electron chi connectivity index (χ2n) is 7.69. The lowest BCUT2D eigenvalue weighted by Gasteiger charge is -2.36. The molecule has 0 spiro atoms. The number of thiophene rings is 1. The molecule has 3 heterocycles. The van der Waals surface area contributed by atoms with Crippen LogP contribution in [-0.4, -0.2) is 36.3 Å². The van der Waals surface area contributed by atoms with E-state index in [9.17, 15) is 4.79 Å². The summed E-state index contributed by atoms with van der Waals surface area (Å²) in [6.07, 6.45) is 3.94. The van der Waals surface area contributed by atoms with E-state index in [0.717, 1.165) is 30.8 Å². The largest absolute Gasteiger partial charge is 1.00 e. The number of hydrogen-bond acceptors (Lipinski definition) is 4. The lowest BCUT2D eigenvalue weighted by atomic mass is 10.1. The van der Waals surface area contributed by atoms with E-state index in [1.807, 2.05) is 23.2 Å².